The minimum Gasteiger partial charge on any atom is -0.494 e. The highest BCUT2D eigenvalue weighted by Gasteiger charge is 2.21. The van der Waals surface area contributed by atoms with Crippen LogP contribution < -0.4 is 4.74 Å². The van der Waals surface area contributed by atoms with E-state index in [2.05, 4.69) is 42.6 Å². The van der Waals surface area contributed by atoms with Crippen LogP contribution in [0.3, 0.4) is 0 Å². The van der Waals surface area contributed by atoms with Crippen molar-refractivity contribution in [3.8, 4) is 16.9 Å². The van der Waals surface area contributed by atoms with Gasteiger partial charge in [0.05, 0.1) is 11.2 Å². The molecule has 29 heavy (non-hydrogen) atoms. The minimum absolute atomic E-state index is 0.223. The van der Waals surface area contributed by atoms with E-state index in [4.69, 9.17) is 4.74 Å². The van der Waals surface area contributed by atoms with Gasteiger partial charge in [0.25, 0.3) is 0 Å². The molecule has 0 saturated carbocycles. The van der Waals surface area contributed by atoms with Crippen LogP contribution in [0.1, 0.15) is 51.5 Å². The first-order valence-corrected chi connectivity index (χ1v) is 13.0. The summed E-state index contributed by atoms with van der Waals surface area (Å²) in [5, 5.41) is 0. The molecule has 0 atom stereocenters. The van der Waals surface area contributed by atoms with E-state index >= 15 is 0 Å². The lowest BCUT2D eigenvalue weighted by Gasteiger charge is -2.27. The molecule has 0 aromatic heterocycles. The van der Waals surface area contributed by atoms with Crippen molar-refractivity contribution in [2.24, 2.45) is 5.92 Å². The molecule has 0 bridgehead atoms. The van der Waals surface area contributed by atoms with Crippen LogP contribution in [0.4, 0.5) is 4.39 Å². The molecule has 0 aliphatic carbocycles. The van der Waals surface area contributed by atoms with E-state index in [1.165, 1.54) is 48.8 Å². The van der Waals surface area contributed by atoms with Crippen LogP contribution in [0.5, 0.6) is 5.75 Å². The van der Waals surface area contributed by atoms with Crippen molar-refractivity contribution < 1.29 is 9.13 Å². The van der Waals surface area contributed by atoms with Gasteiger partial charge in [-0.1, -0.05) is 51.0 Å². The van der Waals surface area contributed by atoms with Crippen molar-refractivity contribution in [3.63, 3.8) is 0 Å². The second-order valence-electron chi connectivity index (χ2n) is 7.83. The van der Waals surface area contributed by atoms with E-state index in [0.29, 0.717) is 17.9 Å². The third-order valence-electron chi connectivity index (χ3n) is 5.35. The molecule has 2 aromatic carbocycles. The summed E-state index contributed by atoms with van der Waals surface area (Å²) in [7, 11) is 0. The van der Waals surface area contributed by atoms with Crippen LogP contribution in [0.25, 0.3) is 11.1 Å². The van der Waals surface area contributed by atoms with Gasteiger partial charge in [0, 0.05) is 11.6 Å². The number of aryl methyl sites for hydroxylation is 1. The molecule has 4 heteroatoms. The van der Waals surface area contributed by atoms with Gasteiger partial charge >= 0.3 is 0 Å². The van der Waals surface area contributed by atoms with Crippen LogP contribution in [0.15, 0.2) is 42.5 Å². The predicted octanol–water partition coefficient (Wildman–Crippen LogP) is 7.83. The minimum atomic E-state index is -0.223. The average molecular weight is 433 g/mol. The number of halogens is 1. The number of hydrogen-bond acceptors (Lipinski definition) is 3. The van der Waals surface area contributed by atoms with Crippen molar-refractivity contribution in [2.75, 3.05) is 18.1 Å². The Labute approximate surface area is 184 Å². The lowest BCUT2D eigenvalue weighted by Crippen LogP contribution is -2.18. The number of hydrogen-bond donors (Lipinski definition) is 0. The summed E-state index contributed by atoms with van der Waals surface area (Å²) in [5.41, 5.74) is 2.90. The first kappa shape index (κ1) is 22.6. The predicted molar refractivity (Wildman–Crippen MR) is 128 cm³/mol. The Morgan fingerprint density at radius 2 is 1.72 bits per heavy atom. The fraction of sp³-hybridized carbons (Fsp3) is 0.520. The Morgan fingerprint density at radius 3 is 2.38 bits per heavy atom. The highest BCUT2D eigenvalue weighted by molar-refractivity contribution is 8.17. The van der Waals surface area contributed by atoms with Crippen molar-refractivity contribution in [1.29, 1.82) is 0 Å². The normalized spacial score (nSPS) is 19.3. The summed E-state index contributed by atoms with van der Waals surface area (Å²) < 4.78 is 20.7. The summed E-state index contributed by atoms with van der Waals surface area (Å²) in [6.07, 6.45) is 7.31. The maximum Gasteiger partial charge on any atom is 0.134 e. The smallest absolute Gasteiger partial charge is 0.134 e. The van der Waals surface area contributed by atoms with Gasteiger partial charge in [-0.3, -0.25) is 0 Å². The molecule has 0 unspecified atom stereocenters. The molecule has 1 heterocycles. The van der Waals surface area contributed by atoms with Gasteiger partial charge in [-0.2, -0.15) is 0 Å². The van der Waals surface area contributed by atoms with Gasteiger partial charge in [-0.05, 0) is 66.4 Å². The monoisotopic (exact) mass is 432 g/mol. The Balaban J connectivity index is 1.49. The van der Waals surface area contributed by atoms with Gasteiger partial charge < -0.3 is 4.74 Å². The zero-order chi connectivity index (χ0) is 20.5. The fourth-order valence-electron chi connectivity index (χ4n) is 3.58. The van der Waals surface area contributed by atoms with Gasteiger partial charge in [-0.25, -0.2) is 4.39 Å². The van der Waals surface area contributed by atoms with Crippen LogP contribution in [-0.2, 0) is 6.42 Å². The molecule has 0 spiro atoms. The first-order valence-electron chi connectivity index (χ1n) is 10.9. The highest BCUT2D eigenvalue weighted by Crippen LogP contribution is 2.38. The highest BCUT2D eigenvalue weighted by atomic mass is 32.2. The lowest BCUT2D eigenvalue weighted by atomic mass is 10.0. The Kier molecular flexibility index (Phi) is 9.26. The summed E-state index contributed by atoms with van der Waals surface area (Å²) in [6, 6.07) is 13.6. The maximum atomic E-state index is 14.5. The van der Waals surface area contributed by atoms with E-state index < -0.39 is 0 Å². The van der Waals surface area contributed by atoms with Crippen LogP contribution in [-0.4, -0.2) is 22.7 Å². The summed E-state index contributed by atoms with van der Waals surface area (Å²) in [4.78, 5) is 0. The number of unbranched alkanes of at least 4 members (excludes halogenated alkanes) is 1. The summed E-state index contributed by atoms with van der Waals surface area (Å²) >= 11 is 4.30. The second kappa shape index (κ2) is 11.9. The molecular formula is C25H33FOS2. The number of rotatable bonds is 10. The van der Waals surface area contributed by atoms with E-state index in [9.17, 15) is 4.39 Å². The first-order chi connectivity index (χ1) is 14.2. The summed E-state index contributed by atoms with van der Waals surface area (Å²) in [6.45, 7) is 4.94. The molecule has 1 fully saturated rings. The molecule has 0 amide bonds. The second-order valence-corrected chi connectivity index (χ2v) is 10.6. The third-order valence-corrected chi connectivity index (χ3v) is 8.71. The van der Waals surface area contributed by atoms with Crippen LogP contribution in [0, 0.1) is 11.7 Å². The van der Waals surface area contributed by atoms with Gasteiger partial charge in [0.15, 0.2) is 0 Å². The van der Waals surface area contributed by atoms with Gasteiger partial charge in [0.1, 0.15) is 11.6 Å². The molecule has 1 aliphatic heterocycles. The zero-order valence-electron chi connectivity index (χ0n) is 17.7. The Bertz CT molecular complexity index is 739. The topological polar surface area (TPSA) is 9.23 Å². The number of ether oxygens (including phenoxy) is 1. The third kappa shape index (κ3) is 6.96. The lowest BCUT2D eigenvalue weighted by molar-refractivity contribution is 0.316. The molecule has 0 N–H and O–H groups in total. The average Bonchev–Trinajstić information content (AvgIpc) is 2.76. The number of thioether (sulfide) groups is 2. The molecule has 158 valence electrons. The number of benzene rings is 2. The molecule has 1 aliphatic rings. The van der Waals surface area contributed by atoms with Crippen molar-refractivity contribution in [1.82, 2.24) is 0 Å². The Morgan fingerprint density at radius 1 is 0.966 bits per heavy atom. The maximum absolute atomic E-state index is 14.5. The van der Waals surface area contributed by atoms with Crippen molar-refractivity contribution in [3.05, 3.63) is 53.8 Å². The largest absolute Gasteiger partial charge is 0.494 e. The van der Waals surface area contributed by atoms with E-state index in [-0.39, 0.29) is 5.82 Å². The molecule has 0 radical (unpaired) electrons. The van der Waals surface area contributed by atoms with Crippen LogP contribution >= 0.6 is 23.5 Å². The quantitative estimate of drug-likeness (QED) is 0.378. The SMILES string of the molecule is CCCCC1CSC(CCc2ccc(-c3ccc(OCCC)cc3F)cc2)SC1. The van der Waals surface area contributed by atoms with Crippen molar-refractivity contribution in [2.45, 2.75) is 57.0 Å². The molecule has 2 aromatic rings. The molecule has 1 saturated heterocycles. The standard InChI is InChI=1S/C25H33FOS2/c1-3-5-6-20-17-28-25(29-18-20)14-9-19-7-10-21(11-8-19)23-13-12-22(16-24(23)26)27-15-4-2/h7-8,10-13,16,20,25H,3-6,9,14-15,17-18H2,1-2H3. The molecule has 1 nitrogen and oxygen atoms in total. The van der Waals surface area contributed by atoms with Gasteiger partial charge in [-0.15, -0.1) is 23.5 Å². The van der Waals surface area contributed by atoms with Crippen molar-refractivity contribution >= 4 is 23.5 Å². The van der Waals surface area contributed by atoms with Crippen LogP contribution in [0.2, 0.25) is 0 Å². The zero-order valence-corrected chi connectivity index (χ0v) is 19.3. The summed E-state index contributed by atoms with van der Waals surface area (Å²) in [5.74, 6) is 3.94. The van der Waals surface area contributed by atoms with E-state index in [1.54, 1.807) is 0 Å². The van der Waals surface area contributed by atoms with E-state index in [1.807, 2.05) is 31.2 Å². The molecule has 3 rings (SSSR count). The van der Waals surface area contributed by atoms with Gasteiger partial charge in [0.2, 0.25) is 0 Å². The fourth-order valence-corrected chi connectivity index (χ4v) is 6.70. The van der Waals surface area contributed by atoms with E-state index in [0.717, 1.165) is 28.9 Å². The molecular weight excluding hydrogens is 399 g/mol. The Hall–Kier alpha value is -1.13.